The maximum Gasteiger partial charge on any atom is 0.410 e. The molecule has 0 bridgehead atoms. The maximum absolute atomic E-state index is 12.7. The van der Waals surface area contributed by atoms with Crippen molar-refractivity contribution in [2.75, 3.05) is 19.7 Å². The summed E-state index contributed by atoms with van der Waals surface area (Å²) in [5, 5.41) is 9.45. The minimum Gasteiger partial charge on any atom is -0.508 e. The normalized spacial score (nSPS) is 15.3. The third kappa shape index (κ3) is 3.35. The number of benzene rings is 3. The lowest BCUT2D eigenvalue weighted by Gasteiger charge is -2.26. The van der Waals surface area contributed by atoms with Crippen LogP contribution >= 0.6 is 0 Å². The Morgan fingerprint density at radius 2 is 1.57 bits per heavy atom. The van der Waals surface area contributed by atoms with Crippen LogP contribution in [-0.4, -0.2) is 35.8 Å². The molecule has 4 heteroatoms. The maximum atomic E-state index is 12.7. The molecule has 0 atom stereocenters. The van der Waals surface area contributed by atoms with Crippen molar-refractivity contribution < 1.29 is 14.6 Å². The number of fused-ring (bicyclic) bond motifs is 3. The second-order valence-electron chi connectivity index (χ2n) is 7.78. The molecule has 1 N–H and O–H groups in total. The van der Waals surface area contributed by atoms with Crippen LogP contribution in [-0.2, 0) is 4.74 Å². The van der Waals surface area contributed by atoms with Crippen molar-refractivity contribution in [3.05, 3.63) is 95.6 Å². The number of carbonyl (C=O) groups is 1. The van der Waals surface area contributed by atoms with Crippen LogP contribution in [0.2, 0.25) is 0 Å². The van der Waals surface area contributed by atoms with Gasteiger partial charge in [-0.15, -0.1) is 0 Å². The molecule has 0 spiro atoms. The Bertz CT molecular complexity index is 1070. The minimum atomic E-state index is -0.266. The molecule has 0 unspecified atom stereocenters. The number of ether oxygens (including phenoxy) is 1. The van der Waals surface area contributed by atoms with Gasteiger partial charge in [-0.2, -0.15) is 0 Å². The van der Waals surface area contributed by atoms with Gasteiger partial charge in [0.2, 0.25) is 0 Å². The molecule has 1 aliphatic carbocycles. The fraction of sp³-hybridized carbons (Fsp3) is 0.192. The zero-order chi connectivity index (χ0) is 20.5. The molecule has 5 rings (SSSR count). The molecule has 0 saturated heterocycles. The van der Waals surface area contributed by atoms with Crippen molar-refractivity contribution in [2.45, 2.75) is 12.3 Å². The van der Waals surface area contributed by atoms with E-state index in [9.17, 15) is 9.90 Å². The highest BCUT2D eigenvalue weighted by atomic mass is 16.6. The lowest BCUT2D eigenvalue weighted by Crippen LogP contribution is -2.35. The summed E-state index contributed by atoms with van der Waals surface area (Å²) in [5.41, 5.74) is 7.18. The summed E-state index contributed by atoms with van der Waals surface area (Å²) in [6.45, 7) is 1.51. The molecule has 0 aromatic heterocycles. The molecule has 3 aromatic carbocycles. The average Bonchev–Trinajstić information content (AvgIpc) is 3.12. The average molecular weight is 397 g/mol. The Labute approximate surface area is 176 Å². The Hall–Kier alpha value is -3.53. The molecule has 150 valence electrons. The first kappa shape index (κ1) is 18.5. The van der Waals surface area contributed by atoms with Gasteiger partial charge in [-0.3, -0.25) is 0 Å². The highest BCUT2D eigenvalue weighted by Crippen LogP contribution is 2.44. The molecule has 0 saturated carbocycles. The lowest BCUT2D eigenvalue weighted by atomic mass is 9.98. The summed E-state index contributed by atoms with van der Waals surface area (Å²) in [6.07, 6.45) is 2.57. The number of hydrogen-bond acceptors (Lipinski definition) is 3. The zero-order valence-electron chi connectivity index (χ0n) is 16.6. The monoisotopic (exact) mass is 397 g/mol. The first-order valence-corrected chi connectivity index (χ1v) is 10.3. The number of aromatic hydroxyl groups is 1. The second-order valence-corrected chi connectivity index (χ2v) is 7.78. The van der Waals surface area contributed by atoms with Gasteiger partial charge in [0.15, 0.2) is 0 Å². The van der Waals surface area contributed by atoms with Crippen molar-refractivity contribution in [3.63, 3.8) is 0 Å². The van der Waals surface area contributed by atoms with Crippen LogP contribution in [0.5, 0.6) is 5.75 Å². The van der Waals surface area contributed by atoms with Crippen LogP contribution in [0.15, 0.2) is 78.9 Å². The number of hydrogen-bond donors (Lipinski definition) is 1. The van der Waals surface area contributed by atoms with Crippen LogP contribution in [0, 0.1) is 0 Å². The predicted octanol–water partition coefficient (Wildman–Crippen LogP) is 5.43. The fourth-order valence-corrected chi connectivity index (χ4v) is 4.46. The summed E-state index contributed by atoms with van der Waals surface area (Å²) in [6, 6.07) is 23.9. The standard InChI is InChI=1S/C26H23NO3/c28-20-11-9-18(10-12-20)19-13-15-27(16-14-19)26(29)30-17-25-23-7-3-1-5-21(23)22-6-2-4-8-24(22)25/h1-13,25,28H,14-17H2. The van der Waals surface area contributed by atoms with Gasteiger partial charge in [0.1, 0.15) is 12.4 Å². The van der Waals surface area contributed by atoms with Gasteiger partial charge in [0, 0.05) is 19.0 Å². The van der Waals surface area contributed by atoms with Crippen LogP contribution in [0.4, 0.5) is 4.79 Å². The molecule has 1 amide bonds. The zero-order valence-corrected chi connectivity index (χ0v) is 16.6. The quantitative estimate of drug-likeness (QED) is 0.641. The van der Waals surface area contributed by atoms with E-state index in [0.717, 1.165) is 12.0 Å². The molecule has 1 heterocycles. The molecule has 4 nitrogen and oxygen atoms in total. The van der Waals surface area contributed by atoms with Crippen molar-refractivity contribution >= 4 is 11.7 Å². The van der Waals surface area contributed by atoms with E-state index in [0.29, 0.717) is 19.7 Å². The number of carbonyl (C=O) groups excluding carboxylic acids is 1. The van der Waals surface area contributed by atoms with Crippen LogP contribution in [0.1, 0.15) is 29.0 Å². The molecule has 2 aliphatic rings. The van der Waals surface area contributed by atoms with Crippen LogP contribution in [0.25, 0.3) is 16.7 Å². The summed E-state index contributed by atoms with van der Waals surface area (Å²) < 4.78 is 5.76. The molecule has 3 aromatic rings. The molecular formula is C26H23NO3. The van der Waals surface area contributed by atoms with E-state index < -0.39 is 0 Å². The van der Waals surface area contributed by atoms with Crippen molar-refractivity contribution in [1.82, 2.24) is 4.90 Å². The van der Waals surface area contributed by atoms with Gasteiger partial charge in [-0.25, -0.2) is 4.79 Å². The summed E-state index contributed by atoms with van der Waals surface area (Å²) in [7, 11) is 0. The molecule has 1 aliphatic heterocycles. The Kier molecular flexibility index (Phi) is 4.75. The first-order valence-electron chi connectivity index (χ1n) is 10.3. The smallest absolute Gasteiger partial charge is 0.410 e. The highest BCUT2D eigenvalue weighted by molar-refractivity contribution is 5.79. The van der Waals surface area contributed by atoms with Crippen LogP contribution < -0.4 is 0 Å². The second kappa shape index (κ2) is 7.71. The highest BCUT2D eigenvalue weighted by Gasteiger charge is 2.30. The van der Waals surface area contributed by atoms with E-state index in [1.807, 2.05) is 24.3 Å². The van der Waals surface area contributed by atoms with Gasteiger partial charge in [0.05, 0.1) is 0 Å². The van der Waals surface area contributed by atoms with E-state index >= 15 is 0 Å². The van der Waals surface area contributed by atoms with E-state index in [-0.39, 0.29) is 17.8 Å². The van der Waals surface area contributed by atoms with Gasteiger partial charge < -0.3 is 14.7 Å². The van der Waals surface area contributed by atoms with E-state index in [2.05, 4.69) is 42.5 Å². The number of phenols is 1. The Balaban J connectivity index is 1.26. The third-order valence-electron chi connectivity index (χ3n) is 6.04. The first-order chi connectivity index (χ1) is 14.7. The summed E-state index contributed by atoms with van der Waals surface area (Å²) in [4.78, 5) is 14.5. The van der Waals surface area contributed by atoms with E-state index in [1.54, 1.807) is 17.0 Å². The number of amides is 1. The number of rotatable bonds is 3. The topological polar surface area (TPSA) is 49.8 Å². The van der Waals surface area contributed by atoms with Crippen molar-refractivity contribution in [1.29, 1.82) is 0 Å². The molecular weight excluding hydrogens is 374 g/mol. The van der Waals surface area contributed by atoms with Gasteiger partial charge in [0.25, 0.3) is 0 Å². The summed E-state index contributed by atoms with van der Waals surface area (Å²) >= 11 is 0. The molecule has 30 heavy (non-hydrogen) atoms. The predicted molar refractivity (Wildman–Crippen MR) is 117 cm³/mol. The lowest BCUT2D eigenvalue weighted by molar-refractivity contribution is 0.103. The number of phenolic OH excluding ortho intramolecular Hbond substituents is 1. The summed E-state index contributed by atoms with van der Waals surface area (Å²) in [5.74, 6) is 0.338. The Morgan fingerprint density at radius 1 is 0.933 bits per heavy atom. The van der Waals surface area contributed by atoms with Gasteiger partial charge in [-0.1, -0.05) is 66.7 Å². The minimum absolute atomic E-state index is 0.0780. The van der Waals surface area contributed by atoms with E-state index in [1.165, 1.54) is 27.8 Å². The SMILES string of the molecule is O=C(OCC1c2ccccc2-c2ccccc21)N1CC=C(c2ccc(O)cc2)CC1. The Morgan fingerprint density at radius 3 is 2.17 bits per heavy atom. The molecule has 0 radical (unpaired) electrons. The van der Waals surface area contributed by atoms with Gasteiger partial charge in [-0.05, 0) is 51.9 Å². The van der Waals surface area contributed by atoms with Crippen molar-refractivity contribution in [2.24, 2.45) is 0 Å². The fourth-order valence-electron chi connectivity index (χ4n) is 4.46. The number of nitrogens with zero attached hydrogens (tertiary/aromatic N) is 1. The third-order valence-corrected chi connectivity index (χ3v) is 6.04. The van der Waals surface area contributed by atoms with Gasteiger partial charge >= 0.3 is 6.09 Å². The largest absolute Gasteiger partial charge is 0.508 e. The van der Waals surface area contributed by atoms with E-state index in [4.69, 9.17) is 4.74 Å². The van der Waals surface area contributed by atoms with Crippen LogP contribution in [0.3, 0.4) is 0 Å². The molecule has 0 fully saturated rings. The van der Waals surface area contributed by atoms with Crippen molar-refractivity contribution in [3.8, 4) is 16.9 Å².